The van der Waals surface area contributed by atoms with Crippen molar-refractivity contribution in [2.75, 3.05) is 13.6 Å². The van der Waals surface area contributed by atoms with E-state index in [1.807, 2.05) is 24.5 Å². The smallest absolute Gasteiger partial charge is 0.0939 e. The van der Waals surface area contributed by atoms with Gasteiger partial charge < -0.3 is 5.32 Å². The lowest BCUT2D eigenvalue weighted by Gasteiger charge is -1.94. The molecule has 1 aromatic heterocycles. The van der Waals surface area contributed by atoms with E-state index in [1.54, 1.807) is 0 Å². The quantitative estimate of drug-likeness (QED) is 0.835. The Morgan fingerprint density at radius 2 is 2.00 bits per heavy atom. The fraction of sp³-hybridized carbons (Fsp3) is 0.364. The normalized spacial score (nSPS) is 9.56. The number of benzene rings is 1. The molecule has 0 spiro atoms. The van der Waals surface area contributed by atoms with E-state index in [2.05, 4.69) is 28.5 Å². The molecule has 0 aliphatic carbocycles. The monoisotopic (exact) mass is 366 g/mol. The molecule has 0 fully saturated rings. The molecule has 0 aliphatic rings. The van der Waals surface area contributed by atoms with E-state index in [0.29, 0.717) is 0 Å². The minimum absolute atomic E-state index is 0. The predicted octanol–water partition coefficient (Wildman–Crippen LogP) is 3.60. The lowest BCUT2D eigenvalue weighted by atomic mass is 10.3. The highest BCUT2D eigenvalue weighted by Crippen LogP contribution is 2.22. The van der Waals surface area contributed by atoms with Gasteiger partial charge in [0.25, 0.3) is 0 Å². The molecule has 0 saturated heterocycles. The van der Waals surface area contributed by atoms with Crippen LogP contribution in [0.4, 0.5) is 0 Å². The molecular formula is C11H16Br2N2S. The molecule has 0 atom stereocenters. The van der Waals surface area contributed by atoms with Crippen molar-refractivity contribution in [3.63, 3.8) is 0 Å². The molecule has 1 heterocycles. The van der Waals surface area contributed by atoms with E-state index in [1.165, 1.54) is 9.71 Å². The first-order chi connectivity index (χ1) is 6.90. The van der Waals surface area contributed by atoms with Gasteiger partial charge in [0.15, 0.2) is 0 Å². The minimum Gasteiger partial charge on any atom is -0.320 e. The largest absolute Gasteiger partial charge is 0.320 e. The number of hydrogen-bond donors (Lipinski definition) is 1. The summed E-state index contributed by atoms with van der Waals surface area (Å²) in [5.41, 5.74) is 1.14. The molecule has 0 amide bonds. The van der Waals surface area contributed by atoms with Gasteiger partial charge in [0, 0.05) is 6.42 Å². The third-order valence-electron chi connectivity index (χ3n) is 2.16. The summed E-state index contributed by atoms with van der Waals surface area (Å²) in [5.74, 6) is 0. The molecule has 90 valence electrons. The van der Waals surface area contributed by atoms with Gasteiger partial charge in [-0.2, -0.15) is 0 Å². The van der Waals surface area contributed by atoms with E-state index < -0.39 is 0 Å². The SMILES string of the molecule is Br.Br.CNCCCc1nc2ccccc2s1. The summed E-state index contributed by atoms with van der Waals surface area (Å²) in [5, 5.41) is 4.40. The number of thiazole rings is 1. The van der Waals surface area contributed by atoms with Gasteiger partial charge in [-0.25, -0.2) is 4.98 Å². The van der Waals surface area contributed by atoms with Gasteiger partial charge in [0.2, 0.25) is 0 Å². The second-order valence-corrected chi connectivity index (χ2v) is 4.40. The van der Waals surface area contributed by atoms with Crippen molar-refractivity contribution in [2.45, 2.75) is 12.8 Å². The molecule has 2 nitrogen and oxygen atoms in total. The van der Waals surface area contributed by atoms with Crippen LogP contribution in [-0.4, -0.2) is 18.6 Å². The lowest BCUT2D eigenvalue weighted by molar-refractivity contribution is 0.723. The summed E-state index contributed by atoms with van der Waals surface area (Å²) in [7, 11) is 1.98. The summed E-state index contributed by atoms with van der Waals surface area (Å²) in [6.07, 6.45) is 2.25. The van der Waals surface area contributed by atoms with Gasteiger partial charge in [0.1, 0.15) is 0 Å². The number of hydrogen-bond acceptors (Lipinski definition) is 3. The van der Waals surface area contributed by atoms with Gasteiger partial charge in [-0.3, -0.25) is 0 Å². The van der Waals surface area contributed by atoms with Gasteiger partial charge in [-0.05, 0) is 32.1 Å². The van der Waals surface area contributed by atoms with Crippen molar-refractivity contribution in [3.05, 3.63) is 29.3 Å². The molecule has 1 aromatic carbocycles. The molecular weight excluding hydrogens is 352 g/mol. The third kappa shape index (κ3) is 4.13. The molecule has 5 heteroatoms. The van der Waals surface area contributed by atoms with Gasteiger partial charge in [-0.15, -0.1) is 45.3 Å². The molecule has 0 aliphatic heterocycles. The highest BCUT2D eigenvalue weighted by atomic mass is 79.9. The van der Waals surface area contributed by atoms with Crippen molar-refractivity contribution in [2.24, 2.45) is 0 Å². The average molecular weight is 368 g/mol. The number of nitrogens with one attached hydrogen (secondary N) is 1. The average Bonchev–Trinajstić information content (AvgIpc) is 2.60. The first-order valence-corrected chi connectivity index (χ1v) is 5.71. The van der Waals surface area contributed by atoms with Crippen LogP contribution in [-0.2, 0) is 6.42 Å². The van der Waals surface area contributed by atoms with Crippen LogP contribution in [0.1, 0.15) is 11.4 Å². The maximum absolute atomic E-state index is 4.58. The van der Waals surface area contributed by atoms with Gasteiger partial charge >= 0.3 is 0 Å². The topological polar surface area (TPSA) is 24.9 Å². The summed E-state index contributed by atoms with van der Waals surface area (Å²) < 4.78 is 1.30. The summed E-state index contributed by atoms with van der Waals surface area (Å²) in [4.78, 5) is 4.58. The summed E-state index contributed by atoms with van der Waals surface area (Å²) in [6.45, 7) is 1.07. The van der Waals surface area contributed by atoms with Crippen LogP contribution >= 0.6 is 45.3 Å². The zero-order valence-electron chi connectivity index (χ0n) is 9.10. The Morgan fingerprint density at radius 1 is 1.25 bits per heavy atom. The van der Waals surface area contributed by atoms with Gasteiger partial charge in [0.05, 0.1) is 15.2 Å². The maximum atomic E-state index is 4.58. The van der Waals surface area contributed by atoms with Crippen molar-refractivity contribution in [1.29, 1.82) is 0 Å². The van der Waals surface area contributed by atoms with E-state index in [4.69, 9.17) is 0 Å². The second-order valence-electron chi connectivity index (χ2n) is 3.28. The van der Waals surface area contributed by atoms with Crippen LogP contribution in [0.15, 0.2) is 24.3 Å². The van der Waals surface area contributed by atoms with Crippen LogP contribution in [0.3, 0.4) is 0 Å². The Bertz CT molecular complexity index is 384. The summed E-state index contributed by atoms with van der Waals surface area (Å²) in [6, 6.07) is 8.32. The van der Waals surface area contributed by atoms with E-state index in [-0.39, 0.29) is 34.0 Å². The maximum Gasteiger partial charge on any atom is 0.0939 e. The van der Waals surface area contributed by atoms with Crippen LogP contribution in [0.5, 0.6) is 0 Å². The first-order valence-electron chi connectivity index (χ1n) is 4.89. The zero-order valence-corrected chi connectivity index (χ0v) is 13.3. The van der Waals surface area contributed by atoms with Crippen LogP contribution < -0.4 is 5.32 Å². The standard InChI is InChI=1S/C11H14N2S.2BrH/c1-12-8-4-7-11-13-9-5-2-3-6-10(9)14-11;;/h2-3,5-6,12H,4,7-8H2,1H3;2*1H. The van der Waals surface area contributed by atoms with E-state index in [0.717, 1.165) is 24.9 Å². The van der Waals surface area contributed by atoms with E-state index >= 15 is 0 Å². The zero-order chi connectivity index (χ0) is 9.80. The number of aromatic nitrogens is 1. The minimum atomic E-state index is 0. The van der Waals surface area contributed by atoms with Crippen LogP contribution in [0, 0.1) is 0 Å². The molecule has 0 radical (unpaired) electrons. The van der Waals surface area contributed by atoms with Crippen molar-refractivity contribution in [1.82, 2.24) is 10.3 Å². The fourth-order valence-corrected chi connectivity index (χ4v) is 2.45. The Hall–Kier alpha value is 0.0300. The van der Waals surface area contributed by atoms with E-state index in [9.17, 15) is 0 Å². The number of para-hydroxylation sites is 1. The lowest BCUT2D eigenvalue weighted by Crippen LogP contribution is -2.08. The Morgan fingerprint density at radius 3 is 2.69 bits per heavy atom. The molecule has 0 unspecified atom stereocenters. The highest BCUT2D eigenvalue weighted by molar-refractivity contribution is 8.93. The van der Waals surface area contributed by atoms with Crippen LogP contribution in [0.25, 0.3) is 10.2 Å². The Balaban J connectivity index is 0.00000112. The number of nitrogens with zero attached hydrogens (tertiary/aromatic N) is 1. The Labute approximate surface area is 121 Å². The van der Waals surface area contributed by atoms with Crippen molar-refractivity contribution >= 4 is 55.5 Å². The van der Waals surface area contributed by atoms with Gasteiger partial charge in [-0.1, -0.05) is 12.1 Å². The molecule has 16 heavy (non-hydrogen) atoms. The van der Waals surface area contributed by atoms with Crippen molar-refractivity contribution < 1.29 is 0 Å². The Kier molecular flexibility index (Phi) is 8.18. The molecule has 2 aromatic rings. The number of rotatable bonds is 4. The highest BCUT2D eigenvalue weighted by Gasteiger charge is 2.01. The van der Waals surface area contributed by atoms with Crippen molar-refractivity contribution in [3.8, 4) is 0 Å². The number of halogens is 2. The summed E-state index contributed by atoms with van der Waals surface area (Å²) >= 11 is 1.81. The number of aryl methyl sites for hydroxylation is 1. The predicted molar refractivity (Wildman–Crippen MR) is 82.5 cm³/mol. The molecule has 0 saturated carbocycles. The second kappa shape index (κ2) is 8.17. The molecule has 0 bridgehead atoms. The number of fused-ring (bicyclic) bond motifs is 1. The molecule has 2 rings (SSSR count). The fourth-order valence-electron chi connectivity index (χ4n) is 1.44. The third-order valence-corrected chi connectivity index (χ3v) is 3.25. The first kappa shape index (κ1) is 16.0. The van der Waals surface area contributed by atoms with Crippen LogP contribution in [0.2, 0.25) is 0 Å². The molecule has 1 N–H and O–H groups in total.